The van der Waals surface area contributed by atoms with Gasteiger partial charge in [-0.1, -0.05) is 91.9 Å². The van der Waals surface area contributed by atoms with Crippen LogP contribution in [0, 0.1) is 0 Å². The van der Waals surface area contributed by atoms with Crippen molar-refractivity contribution in [3.63, 3.8) is 0 Å². The molecule has 1 aliphatic heterocycles. The van der Waals surface area contributed by atoms with E-state index in [9.17, 15) is 18.3 Å². The standard InChI is InChI=1S/C35H36N2O5S/c1-2-30(37(29-18-10-5-11-19-29)43(40,41)32-20-12-13-25-36-32)33-31(38)26-35(42-34(33)39,23-21-27-14-6-3-7-15-27)24-22-28-16-8-4-9-17-28/h3-20,25,30,38H,2,21-24,26H2,1H3. The van der Waals surface area contributed by atoms with E-state index < -0.39 is 27.6 Å². The molecule has 1 N–H and O–H groups in total. The van der Waals surface area contributed by atoms with Crippen LogP contribution in [-0.2, 0) is 32.4 Å². The molecule has 0 saturated carbocycles. The van der Waals surface area contributed by atoms with Crippen LogP contribution in [0.2, 0.25) is 0 Å². The second-order valence-electron chi connectivity index (χ2n) is 10.8. The van der Waals surface area contributed by atoms with Gasteiger partial charge in [0.25, 0.3) is 10.0 Å². The Morgan fingerprint density at radius 3 is 1.86 bits per heavy atom. The fraction of sp³-hybridized carbons (Fsp3) is 0.257. The third kappa shape index (κ3) is 6.81. The summed E-state index contributed by atoms with van der Waals surface area (Å²) >= 11 is 0. The Hall–Kier alpha value is -4.43. The van der Waals surface area contributed by atoms with Crippen molar-refractivity contribution >= 4 is 21.7 Å². The first-order valence-electron chi connectivity index (χ1n) is 14.6. The molecule has 2 heterocycles. The fourth-order valence-corrected chi connectivity index (χ4v) is 7.36. The maximum Gasteiger partial charge on any atom is 0.340 e. The predicted molar refractivity (Wildman–Crippen MR) is 167 cm³/mol. The summed E-state index contributed by atoms with van der Waals surface area (Å²) in [5.74, 6) is -0.838. The largest absolute Gasteiger partial charge is 0.512 e. The number of nitrogens with zero attached hydrogens (tertiary/aromatic N) is 2. The summed E-state index contributed by atoms with van der Waals surface area (Å²) in [6.07, 6.45) is 4.07. The quantitative estimate of drug-likeness (QED) is 0.180. The van der Waals surface area contributed by atoms with Crippen molar-refractivity contribution in [2.75, 3.05) is 4.31 Å². The van der Waals surface area contributed by atoms with Crippen molar-refractivity contribution < 1.29 is 23.1 Å². The number of aryl methyl sites for hydroxylation is 2. The number of carbonyl (C=O) groups excluding carboxylic acids is 1. The van der Waals surface area contributed by atoms with Gasteiger partial charge in [-0.3, -0.25) is 4.31 Å². The van der Waals surface area contributed by atoms with Gasteiger partial charge in [-0.15, -0.1) is 0 Å². The van der Waals surface area contributed by atoms with Gasteiger partial charge < -0.3 is 9.84 Å². The van der Waals surface area contributed by atoms with Gasteiger partial charge in [-0.05, 0) is 67.5 Å². The highest BCUT2D eigenvalue weighted by Crippen LogP contribution is 2.40. The summed E-state index contributed by atoms with van der Waals surface area (Å²) in [6.45, 7) is 1.79. The maximum atomic E-state index is 14.0. The predicted octanol–water partition coefficient (Wildman–Crippen LogP) is 6.82. The molecule has 1 aromatic heterocycles. The van der Waals surface area contributed by atoms with E-state index in [2.05, 4.69) is 4.98 Å². The summed E-state index contributed by atoms with van der Waals surface area (Å²) in [6, 6.07) is 32.2. The molecule has 8 heteroatoms. The number of hydrogen-bond acceptors (Lipinski definition) is 6. The molecule has 1 aliphatic rings. The fourth-order valence-electron chi connectivity index (χ4n) is 5.72. The average Bonchev–Trinajstić information content (AvgIpc) is 3.04. The number of ether oxygens (including phenoxy) is 1. The first-order valence-corrected chi connectivity index (χ1v) is 16.0. The number of pyridine rings is 1. The number of aliphatic hydroxyl groups excluding tert-OH is 1. The minimum atomic E-state index is -4.21. The highest BCUT2D eigenvalue weighted by molar-refractivity contribution is 7.92. The Morgan fingerprint density at radius 2 is 1.37 bits per heavy atom. The van der Waals surface area contributed by atoms with Gasteiger partial charge in [-0.2, -0.15) is 8.42 Å². The summed E-state index contributed by atoms with van der Waals surface area (Å²) in [7, 11) is -4.21. The van der Waals surface area contributed by atoms with E-state index in [0.717, 1.165) is 11.1 Å². The molecule has 0 spiro atoms. The molecular formula is C35H36N2O5S. The molecule has 0 bridgehead atoms. The molecule has 1 unspecified atom stereocenters. The highest BCUT2D eigenvalue weighted by Gasteiger charge is 2.46. The van der Waals surface area contributed by atoms with Crippen molar-refractivity contribution in [2.45, 2.75) is 62.1 Å². The number of aliphatic hydroxyl groups is 1. The molecule has 0 fully saturated rings. The number of esters is 1. The van der Waals surface area contributed by atoms with Crippen LogP contribution in [0.5, 0.6) is 0 Å². The number of para-hydroxylation sites is 1. The number of rotatable bonds is 12. The van der Waals surface area contributed by atoms with Crippen molar-refractivity contribution in [3.05, 3.63) is 138 Å². The van der Waals surface area contributed by atoms with Crippen molar-refractivity contribution in [1.82, 2.24) is 4.98 Å². The lowest BCUT2D eigenvalue weighted by molar-refractivity contribution is -0.161. The third-order valence-corrected chi connectivity index (χ3v) is 9.68. The summed E-state index contributed by atoms with van der Waals surface area (Å²) in [5, 5.41) is 11.5. The lowest BCUT2D eigenvalue weighted by Gasteiger charge is -2.41. The van der Waals surface area contributed by atoms with Gasteiger partial charge in [0, 0.05) is 12.6 Å². The number of sulfonamides is 1. The maximum absolute atomic E-state index is 14.0. The highest BCUT2D eigenvalue weighted by atomic mass is 32.2. The van der Waals surface area contributed by atoms with E-state index in [4.69, 9.17) is 4.74 Å². The van der Waals surface area contributed by atoms with E-state index in [1.807, 2.05) is 60.7 Å². The number of cyclic esters (lactones) is 1. The number of anilines is 1. The summed E-state index contributed by atoms with van der Waals surface area (Å²) < 4.78 is 35.6. The molecule has 3 aromatic carbocycles. The smallest absolute Gasteiger partial charge is 0.340 e. The molecular weight excluding hydrogens is 560 g/mol. The second-order valence-corrected chi connectivity index (χ2v) is 12.6. The Balaban J connectivity index is 1.53. The number of carbonyl (C=O) groups is 1. The second kappa shape index (κ2) is 13.3. The molecule has 5 rings (SSSR count). The molecule has 0 aliphatic carbocycles. The zero-order chi connectivity index (χ0) is 30.3. The number of benzene rings is 3. The third-order valence-electron chi connectivity index (χ3n) is 7.93. The molecule has 4 aromatic rings. The monoisotopic (exact) mass is 596 g/mol. The van der Waals surface area contributed by atoms with Crippen LogP contribution >= 0.6 is 0 Å². The van der Waals surface area contributed by atoms with E-state index in [1.165, 1.54) is 16.6 Å². The lowest BCUT2D eigenvalue weighted by Crippen LogP contribution is -2.48. The lowest BCUT2D eigenvalue weighted by atomic mass is 9.81. The van der Waals surface area contributed by atoms with Crippen LogP contribution < -0.4 is 4.31 Å². The van der Waals surface area contributed by atoms with E-state index >= 15 is 0 Å². The van der Waals surface area contributed by atoms with Crippen LogP contribution in [0.25, 0.3) is 0 Å². The topological polar surface area (TPSA) is 96.8 Å². The first-order chi connectivity index (χ1) is 20.8. The van der Waals surface area contributed by atoms with E-state index in [-0.39, 0.29) is 29.2 Å². The molecule has 43 heavy (non-hydrogen) atoms. The SMILES string of the molecule is CCC(C1=C(O)CC(CCc2ccccc2)(CCc2ccccc2)OC1=O)N(c1ccccc1)S(=O)(=O)c1ccccn1. The Labute approximate surface area is 253 Å². The Morgan fingerprint density at radius 1 is 0.837 bits per heavy atom. The Kier molecular flexibility index (Phi) is 9.26. The van der Waals surface area contributed by atoms with Gasteiger partial charge in [0.15, 0.2) is 5.03 Å². The van der Waals surface area contributed by atoms with Crippen LogP contribution in [0.15, 0.2) is 132 Å². The molecule has 0 radical (unpaired) electrons. The van der Waals surface area contributed by atoms with Gasteiger partial charge in [0.1, 0.15) is 11.4 Å². The van der Waals surface area contributed by atoms with Crippen LogP contribution in [0.1, 0.15) is 43.7 Å². The van der Waals surface area contributed by atoms with Crippen molar-refractivity contribution in [1.29, 1.82) is 0 Å². The van der Waals surface area contributed by atoms with Crippen molar-refractivity contribution in [3.8, 4) is 0 Å². The molecule has 1 atom stereocenters. The zero-order valence-electron chi connectivity index (χ0n) is 24.2. The normalized spacial score (nSPS) is 15.5. The van der Waals surface area contributed by atoms with Crippen LogP contribution in [0.4, 0.5) is 5.69 Å². The van der Waals surface area contributed by atoms with E-state index in [1.54, 1.807) is 49.4 Å². The zero-order valence-corrected chi connectivity index (χ0v) is 25.0. The van der Waals surface area contributed by atoms with E-state index in [0.29, 0.717) is 31.4 Å². The minimum absolute atomic E-state index is 0.0408. The Bertz CT molecular complexity index is 1600. The average molecular weight is 597 g/mol. The minimum Gasteiger partial charge on any atom is -0.512 e. The number of aromatic nitrogens is 1. The van der Waals surface area contributed by atoms with Gasteiger partial charge in [0.05, 0.1) is 17.3 Å². The molecule has 7 nitrogen and oxygen atoms in total. The summed E-state index contributed by atoms with van der Waals surface area (Å²) in [5.41, 5.74) is 1.58. The van der Waals surface area contributed by atoms with Gasteiger partial charge >= 0.3 is 5.97 Å². The van der Waals surface area contributed by atoms with Crippen LogP contribution in [0.3, 0.4) is 0 Å². The molecule has 0 amide bonds. The van der Waals surface area contributed by atoms with Gasteiger partial charge in [0.2, 0.25) is 0 Å². The van der Waals surface area contributed by atoms with Crippen molar-refractivity contribution in [2.24, 2.45) is 0 Å². The summed E-state index contributed by atoms with van der Waals surface area (Å²) in [4.78, 5) is 18.1. The molecule has 0 saturated heterocycles. The van der Waals surface area contributed by atoms with Crippen LogP contribution in [-0.4, -0.2) is 36.1 Å². The number of hydrogen-bond donors (Lipinski definition) is 1. The first kappa shape index (κ1) is 30.0. The molecule has 222 valence electrons. The van der Waals surface area contributed by atoms with Gasteiger partial charge in [-0.25, -0.2) is 9.78 Å².